The molecule has 4 amide bonds. The van der Waals surface area contributed by atoms with Gasteiger partial charge in [0.25, 0.3) is 11.8 Å². The largest absolute Gasteiger partial charge is 0.356 e. The Bertz CT molecular complexity index is 572. The van der Waals surface area contributed by atoms with Crippen molar-refractivity contribution in [2.75, 3.05) is 19.6 Å². The first-order valence-corrected chi connectivity index (χ1v) is 8.21. The van der Waals surface area contributed by atoms with Gasteiger partial charge in [0.1, 0.15) is 5.78 Å². The zero-order chi connectivity index (χ0) is 19.0. The molecule has 0 bridgehead atoms. The van der Waals surface area contributed by atoms with Gasteiger partial charge in [-0.1, -0.05) is 20.8 Å². The van der Waals surface area contributed by atoms with Crippen LogP contribution in [0, 0.1) is 5.41 Å². The average Bonchev–Trinajstić information content (AvgIpc) is 2.83. The number of hydrogen-bond donors (Lipinski definition) is 2. The van der Waals surface area contributed by atoms with Crippen molar-refractivity contribution >= 4 is 29.4 Å². The molecule has 0 saturated carbocycles. The highest BCUT2D eigenvalue weighted by molar-refractivity contribution is 6.13. The molecular weight excluding hydrogens is 326 g/mol. The van der Waals surface area contributed by atoms with Crippen LogP contribution in [-0.2, 0) is 24.0 Å². The number of Topliss-reactive ketones (excluding diaryl/α,β-unsaturated/α-hetero) is 1. The Morgan fingerprint density at radius 2 is 1.36 bits per heavy atom. The average molecular weight is 351 g/mol. The maximum absolute atomic E-state index is 11.7. The van der Waals surface area contributed by atoms with Gasteiger partial charge in [-0.05, 0) is 0 Å². The Labute approximate surface area is 147 Å². The lowest BCUT2D eigenvalue weighted by atomic mass is 9.89. The SMILES string of the molecule is CC(C)(C)C(=O)CCNC(=O)CCNC(=O)CCN1C(=O)C=CC1=O. The summed E-state index contributed by atoms with van der Waals surface area (Å²) in [5.74, 6) is -1.38. The van der Waals surface area contributed by atoms with E-state index in [4.69, 9.17) is 0 Å². The van der Waals surface area contributed by atoms with Gasteiger partial charge in [-0.15, -0.1) is 0 Å². The van der Waals surface area contributed by atoms with Crippen LogP contribution in [0.15, 0.2) is 12.2 Å². The predicted molar refractivity (Wildman–Crippen MR) is 90.2 cm³/mol. The lowest BCUT2D eigenvalue weighted by molar-refractivity contribution is -0.137. The number of carbonyl (C=O) groups excluding carboxylic acids is 5. The van der Waals surface area contributed by atoms with Crippen molar-refractivity contribution in [3.63, 3.8) is 0 Å². The van der Waals surface area contributed by atoms with Crippen LogP contribution in [0.5, 0.6) is 0 Å². The van der Waals surface area contributed by atoms with Crippen LogP contribution in [0.25, 0.3) is 0 Å². The first kappa shape index (κ1) is 20.5. The van der Waals surface area contributed by atoms with Gasteiger partial charge in [0.15, 0.2) is 0 Å². The van der Waals surface area contributed by atoms with Crippen molar-refractivity contribution in [2.45, 2.75) is 40.0 Å². The predicted octanol–water partition coefficient (Wildman–Crippen LogP) is -0.0707. The first-order chi connectivity index (χ1) is 11.6. The van der Waals surface area contributed by atoms with Crippen LogP contribution in [0.4, 0.5) is 0 Å². The number of carbonyl (C=O) groups is 5. The van der Waals surface area contributed by atoms with Crippen molar-refractivity contribution in [1.29, 1.82) is 0 Å². The summed E-state index contributed by atoms with van der Waals surface area (Å²) in [7, 11) is 0. The van der Waals surface area contributed by atoms with Gasteiger partial charge in [0.2, 0.25) is 11.8 Å². The molecule has 2 N–H and O–H groups in total. The summed E-state index contributed by atoms with van der Waals surface area (Å²) in [6, 6.07) is 0. The number of rotatable bonds is 9. The molecule has 0 spiro atoms. The van der Waals surface area contributed by atoms with Crippen LogP contribution < -0.4 is 10.6 Å². The van der Waals surface area contributed by atoms with Crippen molar-refractivity contribution < 1.29 is 24.0 Å². The van der Waals surface area contributed by atoms with Crippen molar-refractivity contribution in [3.8, 4) is 0 Å². The second kappa shape index (κ2) is 9.10. The molecule has 1 aliphatic rings. The van der Waals surface area contributed by atoms with E-state index in [1.54, 1.807) is 0 Å². The third-order valence-electron chi connectivity index (χ3n) is 3.65. The summed E-state index contributed by atoms with van der Waals surface area (Å²) >= 11 is 0. The lowest BCUT2D eigenvalue weighted by Gasteiger charge is -2.16. The molecule has 0 aromatic heterocycles. The molecule has 1 rings (SSSR count). The van der Waals surface area contributed by atoms with Crippen LogP contribution in [-0.4, -0.2) is 53.9 Å². The number of amides is 4. The number of nitrogens with zero attached hydrogens (tertiary/aromatic N) is 1. The summed E-state index contributed by atoms with van der Waals surface area (Å²) in [5, 5.41) is 5.19. The molecule has 8 nitrogen and oxygen atoms in total. The maximum Gasteiger partial charge on any atom is 0.253 e. The quantitative estimate of drug-likeness (QED) is 0.565. The molecule has 8 heteroatoms. The van der Waals surface area contributed by atoms with E-state index in [1.165, 1.54) is 0 Å². The summed E-state index contributed by atoms with van der Waals surface area (Å²) in [5.41, 5.74) is -0.424. The summed E-state index contributed by atoms with van der Waals surface area (Å²) in [6.45, 7) is 5.91. The van der Waals surface area contributed by atoms with E-state index in [9.17, 15) is 24.0 Å². The van der Waals surface area contributed by atoms with E-state index in [2.05, 4.69) is 10.6 Å². The van der Waals surface area contributed by atoms with Gasteiger partial charge in [0.05, 0.1) is 0 Å². The van der Waals surface area contributed by atoms with Gasteiger partial charge in [-0.2, -0.15) is 0 Å². The topological polar surface area (TPSA) is 113 Å². The van der Waals surface area contributed by atoms with E-state index in [-0.39, 0.29) is 56.5 Å². The highest BCUT2D eigenvalue weighted by Gasteiger charge is 2.23. The molecule has 0 radical (unpaired) electrons. The van der Waals surface area contributed by atoms with E-state index in [1.807, 2.05) is 20.8 Å². The summed E-state index contributed by atoms with van der Waals surface area (Å²) < 4.78 is 0. The minimum absolute atomic E-state index is 0.0115. The normalized spacial score (nSPS) is 14.0. The lowest BCUT2D eigenvalue weighted by Crippen LogP contribution is -2.36. The Morgan fingerprint density at radius 1 is 0.880 bits per heavy atom. The van der Waals surface area contributed by atoms with Gasteiger partial charge >= 0.3 is 0 Å². The third kappa shape index (κ3) is 7.28. The van der Waals surface area contributed by atoms with Gasteiger partial charge in [-0.25, -0.2) is 0 Å². The Kier molecular flexibility index (Phi) is 7.47. The number of nitrogens with one attached hydrogen (secondary N) is 2. The molecule has 25 heavy (non-hydrogen) atoms. The second-order valence-corrected chi connectivity index (χ2v) is 6.78. The van der Waals surface area contributed by atoms with E-state index in [0.717, 1.165) is 17.1 Å². The fraction of sp³-hybridized carbons (Fsp3) is 0.588. The molecule has 1 aliphatic heterocycles. The third-order valence-corrected chi connectivity index (χ3v) is 3.65. The molecule has 138 valence electrons. The number of hydrogen-bond acceptors (Lipinski definition) is 5. The fourth-order valence-electron chi connectivity index (χ4n) is 2.05. The molecule has 0 aliphatic carbocycles. The van der Waals surface area contributed by atoms with Crippen LogP contribution in [0.1, 0.15) is 40.0 Å². The van der Waals surface area contributed by atoms with E-state index < -0.39 is 17.2 Å². The van der Waals surface area contributed by atoms with Crippen LogP contribution in [0.2, 0.25) is 0 Å². The first-order valence-electron chi connectivity index (χ1n) is 8.21. The van der Waals surface area contributed by atoms with Gasteiger partial charge < -0.3 is 10.6 Å². The van der Waals surface area contributed by atoms with Crippen molar-refractivity contribution in [1.82, 2.24) is 15.5 Å². The Morgan fingerprint density at radius 3 is 1.88 bits per heavy atom. The molecule has 0 aromatic carbocycles. The minimum atomic E-state index is -0.429. The zero-order valence-corrected chi connectivity index (χ0v) is 14.9. The molecule has 0 unspecified atom stereocenters. The van der Waals surface area contributed by atoms with Crippen LogP contribution in [0.3, 0.4) is 0 Å². The number of ketones is 1. The highest BCUT2D eigenvalue weighted by Crippen LogP contribution is 2.15. The Hall–Kier alpha value is -2.51. The van der Waals surface area contributed by atoms with Crippen molar-refractivity contribution in [3.05, 3.63) is 12.2 Å². The zero-order valence-electron chi connectivity index (χ0n) is 14.9. The minimum Gasteiger partial charge on any atom is -0.356 e. The molecule has 0 atom stereocenters. The van der Waals surface area contributed by atoms with Crippen LogP contribution >= 0.6 is 0 Å². The molecule has 0 aromatic rings. The molecular formula is C17H25N3O5. The van der Waals surface area contributed by atoms with Gasteiger partial charge in [0, 0.05) is 56.5 Å². The molecule has 1 heterocycles. The summed E-state index contributed by atoms with van der Waals surface area (Å²) in [6.07, 6.45) is 2.68. The Balaban J connectivity index is 2.12. The van der Waals surface area contributed by atoms with Gasteiger partial charge in [-0.3, -0.25) is 28.9 Å². The monoisotopic (exact) mass is 351 g/mol. The van der Waals surface area contributed by atoms with Crippen molar-refractivity contribution in [2.24, 2.45) is 5.41 Å². The van der Waals surface area contributed by atoms with E-state index >= 15 is 0 Å². The second-order valence-electron chi connectivity index (χ2n) is 6.78. The smallest absolute Gasteiger partial charge is 0.253 e. The molecule has 0 fully saturated rings. The standard InChI is InChI=1S/C17H25N3O5/c1-17(2,3)12(21)6-9-18-13(22)7-10-19-14(23)8-11-20-15(24)4-5-16(20)25/h4-5H,6-11H2,1-3H3,(H,18,22)(H,19,23). The maximum atomic E-state index is 11.7. The molecule has 0 saturated heterocycles. The number of imide groups is 1. The fourth-order valence-corrected chi connectivity index (χ4v) is 2.05. The van der Waals surface area contributed by atoms with E-state index in [0.29, 0.717) is 0 Å². The highest BCUT2D eigenvalue weighted by atomic mass is 16.2. The summed E-state index contributed by atoms with van der Waals surface area (Å²) in [4.78, 5) is 58.6.